The molecule has 3 unspecified atom stereocenters. The molecule has 1 aliphatic heterocycles. The first kappa shape index (κ1) is 13.2. The van der Waals surface area contributed by atoms with Crippen LogP contribution in [0, 0.1) is 17.8 Å². The SMILES string of the molecule is CNC1CCCN(C(=O)C2CC2C2CC2)C1.Cl. The maximum Gasteiger partial charge on any atom is 0.226 e. The summed E-state index contributed by atoms with van der Waals surface area (Å²) in [5.41, 5.74) is 0. The van der Waals surface area contributed by atoms with E-state index in [1.165, 1.54) is 25.7 Å². The fraction of sp³-hybridized carbons (Fsp3) is 0.923. The third kappa shape index (κ3) is 2.76. The Morgan fingerprint density at radius 1 is 1.29 bits per heavy atom. The maximum absolute atomic E-state index is 12.3. The van der Waals surface area contributed by atoms with Crippen molar-refractivity contribution in [3.8, 4) is 0 Å². The minimum Gasteiger partial charge on any atom is -0.341 e. The van der Waals surface area contributed by atoms with E-state index in [-0.39, 0.29) is 12.4 Å². The van der Waals surface area contributed by atoms with Gasteiger partial charge in [0.1, 0.15) is 0 Å². The zero-order valence-corrected chi connectivity index (χ0v) is 11.3. The van der Waals surface area contributed by atoms with E-state index in [0.717, 1.165) is 31.3 Å². The topological polar surface area (TPSA) is 32.3 Å². The van der Waals surface area contributed by atoms with Crippen molar-refractivity contribution in [3.63, 3.8) is 0 Å². The number of hydrogen-bond donors (Lipinski definition) is 1. The molecule has 3 atom stereocenters. The van der Waals surface area contributed by atoms with Crippen LogP contribution in [0.2, 0.25) is 0 Å². The summed E-state index contributed by atoms with van der Waals surface area (Å²) in [6.45, 7) is 1.92. The second-order valence-electron chi connectivity index (χ2n) is 5.76. The first-order valence-electron chi connectivity index (χ1n) is 6.75. The number of amides is 1. The van der Waals surface area contributed by atoms with Gasteiger partial charge in [-0.3, -0.25) is 4.79 Å². The van der Waals surface area contributed by atoms with Gasteiger partial charge in [-0.1, -0.05) is 0 Å². The first-order valence-corrected chi connectivity index (χ1v) is 6.75. The fourth-order valence-electron chi connectivity index (χ4n) is 3.19. The van der Waals surface area contributed by atoms with Crippen LogP contribution in [-0.4, -0.2) is 37.0 Å². The molecule has 1 heterocycles. The van der Waals surface area contributed by atoms with Gasteiger partial charge in [-0.05, 0) is 51.0 Å². The molecule has 17 heavy (non-hydrogen) atoms. The van der Waals surface area contributed by atoms with E-state index in [2.05, 4.69) is 10.2 Å². The smallest absolute Gasteiger partial charge is 0.226 e. The van der Waals surface area contributed by atoms with Crippen molar-refractivity contribution in [1.82, 2.24) is 10.2 Å². The van der Waals surface area contributed by atoms with E-state index < -0.39 is 0 Å². The predicted octanol–water partition coefficient (Wildman–Crippen LogP) is 1.66. The Morgan fingerprint density at radius 3 is 2.71 bits per heavy atom. The molecule has 0 aromatic carbocycles. The number of nitrogens with one attached hydrogen (secondary N) is 1. The quantitative estimate of drug-likeness (QED) is 0.835. The van der Waals surface area contributed by atoms with E-state index in [9.17, 15) is 4.79 Å². The van der Waals surface area contributed by atoms with Crippen molar-refractivity contribution >= 4 is 18.3 Å². The minimum absolute atomic E-state index is 0. The molecule has 0 bridgehead atoms. The Bertz CT molecular complexity index is 293. The number of hydrogen-bond acceptors (Lipinski definition) is 2. The van der Waals surface area contributed by atoms with Gasteiger partial charge in [0, 0.05) is 25.0 Å². The van der Waals surface area contributed by atoms with Crippen molar-refractivity contribution in [1.29, 1.82) is 0 Å². The third-order valence-corrected chi connectivity index (χ3v) is 4.53. The standard InChI is InChI=1S/C13H22N2O.ClH/c1-14-10-3-2-6-15(8-10)13(16)12-7-11(12)9-4-5-9;/h9-12,14H,2-8H2,1H3;1H. The van der Waals surface area contributed by atoms with E-state index in [1.807, 2.05) is 7.05 Å². The molecule has 0 radical (unpaired) electrons. The predicted molar refractivity (Wildman–Crippen MR) is 70.2 cm³/mol. The normalized spacial score (nSPS) is 36.3. The average Bonchev–Trinajstić information content (AvgIpc) is 3.17. The maximum atomic E-state index is 12.3. The van der Waals surface area contributed by atoms with Crippen LogP contribution in [0.1, 0.15) is 32.1 Å². The second kappa shape index (κ2) is 5.15. The number of piperidine rings is 1. The van der Waals surface area contributed by atoms with Crippen LogP contribution in [0.4, 0.5) is 0 Å². The van der Waals surface area contributed by atoms with Gasteiger partial charge in [-0.25, -0.2) is 0 Å². The molecule has 1 amide bonds. The Morgan fingerprint density at radius 2 is 2.06 bits per heavy atom. The van der Waals surface area contributed by atoms with Crippen molar-refractivity contribution in [2.75, 3.05) is 20.1 Å². The van der Waals surface area contributed by atoms with Gasteiger partial charge in [0.05, 0.1) is 0 Å². The summed E-state index contributed by atoms with van der Waals surface area (Å²) in [6, 6.07) is 0.524. The van der Waals surface area contributed by atoms with Crippen molar-refractivity contribution in [2.45, 2.75) is 38.1 Å². The number of likely N-dealkylation sites (N-methyl/N-ethyl adjacent to an activating group) is 1. The molecule has 0 spiro atoms. The molecule has 1 N–H and O–H groups in total. The van der Waals surface area contributed by atoms with E-state index in [0.29, 0.717) is 17.9 Å². The summed E-state index contributed by atoms with van der Waals surface area (Å²) in [6.07, 6.45) is 6.33. The molecular formula is C13H23ClN2O. The lowest BCUT2D eigenvalue weighted by molar-refractivity contribution is -0.134. The number of carbonyl (C=O) groups is 1. The molecular weight excluding hydrogens is 236 g/mol. The van der Waals surface area contributed by atoms with Crippen LogP contribution in [-0.2, 0) is 4.79 Å². The highest BCUT2D eigenvalue weighted by atomic mass is 35.5. The lowest BCUT2D eigenvalue weighted by Crippen LogP contribution is -2.47. The molecule has 3 rings (SSSR count). The van der Waals surface area contributed by atoms with Gasteiger partial charge in [-0.2, -0.15) is 0 Å². The van der Waals surface area contributed by atoms with Crippen molar-refractivity contribution in [2.24, 2.45) is 17.8 Å². The van der Waals surface area contributed by atoms with Crippen LogP contribution in [0.15, 0.2) is 0 Å². The number of likely N-dealkylation sites (tertiary alicyclic amines) is 1. The van der Waals surface area contributed by atoms with Gasteiger partial charge in [0.15, 0.2) is 0 Å². The van der Waals surface area contributed by atoms with Gasteiger partial charge in [0.25, 0.3) is 0 Å². The van der Waals surface area contributed by atoms with E-state index in [1.54, 1.807) is 0 Å². The Labute approximate surface area is 110 Å². The zero-order chi connectivity index (χ0) is 11.1. The van der Waals surface area contributed by atoms with E-state index in [4.69, 9.17) is 0 Å². The van der Waals surface area contributed by atoms with Crippen molar-refractivity contribution < 1.29 is 4.79 Å². The summed E-state index contributed by atoms with van der Waals surface area (Å²) in [5.74, 6) is 2.54. The lowest BCUT2D eigenvalue weighted by atomic mass is 10.0. The largest absolute Gasteiger partial charge is 0.341 e. The van der Waals surface area contributed by atoms with Gasteiger partial charge >= 0.3 is 0 Å². The number of nitrogens with zero attached hydrogens (tertiary/aromatic N) is 1. The van der Waals surface area contributed by atoms with Gasteiger partial charge < -0.3 is 10.2 Å². The molecule has 2 saturated carbocycles. The second-order valence-corrected chi connectivity index (χ2v) is 5.76. The van der Waals surface area contributed by atoms with Crippen LogP contribution < -0.4 is 5.32 Å². The van der Waals surface area contributed by atoms with Crippen LogP contribution in [0.5, 0.6) is 0 Å². The third-order valence-electron chi connectivity index (χ3n) is 4.53. The summed E-state index contributed by atoms with van der Waals surface area (Å²) in [4.78, 5) is 14.4. The Kier molecular flexibility index (Phi) is 3.99. The molecule has 4 heteroatoms. The molecule has 0 aromatic heterocycles. The van der Waals surface area contributed by atoms with Crippen LogP contribution in [0.25, 0.3) is 0 Å². The highest BCUT2D eigenvalue weighted by Gasteiger charge is 2.52. The van der Waals surface area contributed by atoms with E-state index >= 15 is 0 Å². The minimum atomic E-state index is 0. The highest BCUT2D eigenvalue weighted by molar-refractivity contribution is 5.85. The van der Waals surface area contributed by atoms with Crippen LogP contribution >= 0.6 is 12.4 Å². The molecule has 3 aliphatic rings. The summed E-state index contributed by atoms with van der Waals surface area (Å²) in [7, 11) is 2.00. The monoisotopic (exact) mass is 258 g/mol. The van der Waals surface area contributed by atoms with Gasteiger partial charge in [-0.15, -0.1) is 12.4 Å². The lowest BCUT2D eigenvalue weighted by Gasteiger charge is -2.32. The average molecular weight is 259 g/mol. The van der Waals surface area contributed by atoms with Crippen molar-refractivity contribution in [3.05, 3.63) is 0 Å². The number of carbonyl (C=O) groups excluding carboxylic acids is 1. The molecule has 0 aromatic rings. The molecule has 1 saturated heterocycles. The summed E-state index contributed by atoms with van der Waals surface area (Å²) in [5, 5.41) is 3.30. The van der Waals surface area contributed by atoms with Crippen LogP contribution in [0.3, 0.4) is 0 Å². The zero-order valence-electron chi connectivity index (χ0n) is 10.5. The number of halogens is 1. The van der Waals surface area contributed by atoms with Gasteiger partial charge in [0.2, 0.25) is 5.91 Å². The molecule has 3 fully saturated rings. The highest BCUT2D eigenvalue weighted by Crippen LogP contribution is 2.54. The molecule has 98 valence electrons. The molecule has 3 nitrogen and oxygen atoms in total. The fourth-order valence-corrected chi connectivity index (χ4v) is 3.19. The number of rotatable bonds is 3. The summed E-state index contributed by atoms with van der Waals surface area (Å²) >= 11 is 0. The first-order chi connectivity index (χ1) is 7.79. The Hall–Kier alpha value is -0.280. The Balaban J connectivity index is 0.00000108. The molecule has 2 aliphatic carbocycles. The summed E-state index contributed by atoms with van der Waals surface area (Å²) < 4.78 is 0.